The molecule has 5 nitrogen and oxygen atoms in total. The zero-order chi connectivity index (χ0) is 19.1. The SMILES string of the molecule is COc1ccnc(CCN(Cc2ncccc2C)Cc2ncccc2C)c1. The summed E-state index contributed by atoms with van der Waals surface area (Å²) in [4.78, 5) is 16.0. The largest absolute Gasteiger partial charge is 0.497 e. The Morgan fingerprint density at radius 2 is 1.48 bits per heavy atom. The van der Waals surface area contributed by atoms with Crippen molar-refractivity contribution in [3.05, 3.63) is 83.2 Å². The van der Waals surface area contributed by atoms with Gasteiger partial charge in [-0.05, 0) is 43.2 Å². The van der Waals surface area contributed by atoms with E-state index in [0.29, 0.717) is 0 Å². The Balaban J connectivity index is 1.76. The minimum Gasteiger partial charge on any atom is -0.497 e. The van der Waals surface area contributed by atoms with Crippen LogP contribution in [0.25, 0.3) is 0 Å². The standard InChI is InChI=1S/C22H26N4O/c1-17-6-4-10-24-21(17)15-26(16-22-18(2)7-5-11-25-22)13-9-19-14-20(27-3)8-12-23-19/h4-8,10-12,14H,9,13,15-16H2,1-3H3. The number of aryl methyl sites for hydroxylation is 2. The van der Waals surface area contributed by atoms with Crippen molar-refractivity contribution >= 4 is 0 Å². The zero-order valence-electron chi connectivity index (χ0n) is 16.2. The van der Waals surface area contributed by atoms with Crippen molar-refractivity contribution in [3.8, 4) is 5.75 Å². The molecule has 3 heterocycles. The normalized spacial score (nSPS) is 11.0. The molecule has 0 aliphatic carbocycles. The molecule has 0 fully saturated rings. The van der Waals surface area contributed by atoms with Gasteiger partial charge in [0.2, 0.25) is 0 Å². The highest BCUT2D eigenvalue weighted by Gasteiger charge is 2.12. The van der Waals surface area contributed by atoms with Crippen molar-refractivity contribution in [1.29, 1.82) is 0 Å². The maximum absolute atomic E-state index is 5.31. The Labute approximate surface area is 161 Å². The van der Waals surface area contributed by atoms with Crippen LogP contribution >= 0.6 is 0 Å². The second-order valence-electron chi connectivity index (χ2n) is 6.68. The predicted molar refractivity (Wildman–Crippen MR) is 107 cm³/mol. The molecule has 140 valence electrons. The molecule has 3 aromatic heterocycles. The molecule has 27 heavy (non-hydrogen) atoms. The molecule has 0 radical (unpaired) electrons. The van der Waals surface area contributed by atoms with Gasteiger partial charge in [-0.1, -0.05) is 12.1 Å². The topological polar surface area (TPSA) is 51.1 Å². The third-order valence-electron chi connectivity index (χ3n) is 4.69. The third kappa shape index (κ3) is 5.34. The molecule has 0 amide bonds. The minimum absolute atomic E-state index is 0.784. The number of methoxy groups -OCH3 is 1. The van der Waals surface area contributed by atoms with Gasteiger partial charge in [0, 0.05) is 56.4 Å². The lowest BCUT2D eigenvalue weighted by molar-refractivity contribution is 0.252. The summed E-state index contributed by atoms with van der Waals surface area (Å²) < 4.78 is 5.31. The molecule has 0 spiro atoms. The van der Waals surface area contributed by atoms with Gasteiger partial charge < -0.3 is 4.74 Å². The molecular weight excluding hydrogens is 336 g/mol. The van der Waals surface area contributed by atoms with Crippen molar-refractivity contribution in [2.75, 3.05) is 13.7 Å². The first-order chi connectivity index (χ1) is 13.2. The summed E-state index contributed by atoms with van der Waals surface area (Å²) in [6, 6.07) is 12.0. The van der Waals surface area contributed by atoms with E-state index in [-0.39, 0.29) is 0 Å². The molecule has 3 rings (SSSR count). The fraction of sp³-hybridized carbons (Fsp3) is 0.318. The van der Waals surface area contributed by atoms with Crippen LogP contribution in [-0.2, 0) is 19.5 Å². The summed E-state index contributed by atoms with van der Waals surface area (Å²) in [7, 11) is 1.68. The van der Waals surface area contributed by atoms with Gasteiger partial charge in [0.15, 0.2) is 0 Å². The van der Waals surface area contributed by atoms with E-state index in [1.165, 1.54) is 11.1 Å². The second kappa shape index (κ2) is 9.24. The van der Waals surface area contributed by atoms with Crippen LogP contribution in [0.1, 0.15) is 28.2 Å². The van der Waals surface area contributed by atoms with Crippen molar-refractivity contribution in [2.45, 2.75) is 33.4 Å². The van der Waals surface area contributed by atoms with Crippen LogP contribution in [0.3, 0.4) is 0 Å². The summed E-state index contributed by atoms with van der Waals surface area (Å²) in [6.07, 6.45) is 6.35. The van der Waals surface area contributed by atoms with Gasteiger partial charge >= 0.3 is 0 Å². The van der Waals surface area contributed by atoms with Crippen LogP contribution < -0.4 is 4.74 Å². The van der Waals surface area contributed by atoms with Crippen molar-refractivity contribution < 1.29 is 4.74 Å². The van der Waals surface area contributed by atoms with E-state index >= 15 is 0 Å². The lowest BCUT2D eigenvalue weighted by Crippen LogP contribution is -2.27. The van der Waals surface area contributed by atoms with Gasteiger partial charge in [0.25, 0.3) is 0 Å². The Bertz CT molecular complexity index is 834. The van der Waals surface area contributed by atoms with Crippen LogP contribution in [0.5, 0.6) is 5.75 Å². The molecule has 0 aliphatic heterocycles. The fourth-order valence-electron chi connectivity index (χ4n) is 3.00. The average Bonchev–Trinajstić information content (AvgIpc) is 2.69. The van der Waals surface area contributed by atoms with Gasteiger partial charge in [0.1, 0.15) is 5.75 Å². The van der Waals surface area contributed by atoms with E-state index in [1.807, 2.05) is 36.7 Å². The van der Waals surface area contributed by atoms with E-state index in [1.54, 1.807) is 13.3 Å². The van der Waals surface area contributed by atoms with Crippen LogP contribution in [0.15, 0.2) is 55.0 Å². The average molecular weight is 362 g/mol. The van der Waals surface area contributed by atoms with Gasteiger partial charge in [-0.15, -0.1) is 0 Å². The number of pyridine rings is 3. The molecule has 0 bridgehead atoms. The Kier molecular flexibility index (Phi) is 6.49. The van der Waals surface area contributed by atoms with E-state index in [0.717, 1.165) is 48.9 Å². The first-order valence-electron chi connectivity index (χ1n) is 9.18. The third-order valence-corrected chi connectivity index (χ3v) is 4.69. The molecule has 0 saturated carbocycles. The molecular formula is C22H26N4O. The molecule has 0 unspecified atom stereocenters. The quantitative estimate of drug-likeness (QED) is 0.611. The minimum atomic E-state index is 0.784. The lowest BCUT2D eigenvalue weighted by atomic mass is 10.1. The van der Waals surface area contributed by atoms with E-state index < -0.39 is 0 Å². The second-order valence-corrected chi connectivity index (χ2v) is 6.68. The highest BCUT2D eigenvalue weighted by atomic mass is 16.5. The predicted octanol–water partition coefficient (Wildman–Crippen LogP) is 3.74. The van der Waals surface area contributed by atoms with Crippen LogP contribution in [0.4, 0.5) is 0 Å². The summed E-state index contributed by atoms with van der Waals surface area (Å²) in [5, 5.41) is 0. The van der Waals surface area contributed by atoms with Gasteiger partial charge in [0.05, 0.1) is 18.5 Å². The monoisotopic (exact) mass is 362 g/mol. The number of nitrogens with zero attached hydrogens (tertiary/aromatic N) is 4. The zero-order valence-corrected chi connectivity index (χ0v) is 16.2. The van der Waals surface area contributed by atoms with Gasteiger partial charge in [-0.2, -0.15) is 0 Å². The number of hydrogen-bond donors (Lipinski definition) is 0. The molecule has 0 atom stereocenters. The first kappa shape index (κ1) is 19.0. The number of hydrogen-bond acceptors (Lipinski definition) is 5. The highest BCUT2D eigenvalue weighted by Crippen LogP contribution is 2.15. The fourth-order valence-corrected chi connectivity index (χ4v) is 3.00. The molecule has 0 saturated heterocycles. The van der Waals surface area contributed by atoms with Crippen LogP contribution in [0.2, 0.25) is 0 Å². The molecule has 0 aliphatic rings. The maximum Gasteiger partial charge on any atom is 0.122 e. The lowest BCUT2D eigenvalue weighted by Gasteiger charge is -2.23. The van der Waals surface area contributed by atoms with E-state index in [2.05, 4.69) is 45.8 Å². The molecule has 3 aromatic rings. The molecule has 5 heteroatoms. The maximum atomic E-state index is 5.31. The summed E-state index contributed by atoms with van der Waals surface area (Å²) >= 11 is 0. The first-order valence-corrected chi connectivity index (χ1v) is 9.18. The van der Waals surface area contributed by atoms with Crippen LogP contribution in [0, 0.1) is 13.8 Å². The van der Waals surface area contributed by atoms with Crippen molar-refractivity contribution in [2.24, 2.45) is 0 Å². The summed E-state index contributed by atoms with van der Waals surface area (Å²) in [5.41, 5.74) is 5.64. The van der Waals surface area contributed by atoms with Crippen molar-refractivity contribution in [3.63, 3.8) is 0 Å². The Morgan fingerprint density at radius 1 is 0.852 bits per heavy atom. The number of ether oxygens (including phenoxy) is 1. The summed E-state index contributed by atoms with van der Waals surface area (Å²) in [5.74, 6) is 0.840. The smallest absolute Gasteiger partial charge is 0.122 e. The molecule has 0 N–H and O–H groups in total. The highest BCUT2D eigenvalue weighted by molar-refractivity contribution is 5.23. The van der Waals surface area contributed by atoms with Crippen molar-refractivity contribution in [1.82, 2.24) is 19.9 Å². The number of aromatic nitrogens is 3. The number of rotatable bonds is 8. The van der Waals surface area contributed by atoms with Crippen LogP contribution in [-0.4, -0.2) is 33.5 Å². The molecule has 0 aromatic carbocycles. The summed E-state index contributed by atoms with van der Waals surface area (Å²) in [6.45, 7) is 6.65. The van der Waals surface area contributed by atoms with E-state index in [4.69, 9.17) is 4.74 Å². The Hall–Kier alpha value is -2.79. The Morgan fingerprint density at radius 3 is 2.04 bits per heavy atom. The van der Waals surface area contributed by atoms with E-state index in [9.17, 15) is 0 Å². The van der Waals surface area contributed by atoms with Gasteiger partial charge in [-0.25, -0.2) is 0 Å². The van der Waals surface area contributed by atoms with Gasteiger partial charge in [-0.3, -0.25) is 19.9 Å².